The highest BCUT2D eigenvalue weighted by Crippen LogP contribution is 2.44. The van der Waals surface area contributed by atoms with Gasteiger partial charge in [-0.1, -0.05) is 29.8 Å². The number of hydrogen-bond donors (Lipinski definition) is 1. The fourth-order valence-electron chi connectivity index (χ4n) is 4.35. The molecule has 1 aliphatic rings. The molecule has 1 aliphatic heterocycles. The number of anilines is 1. The van der Waals surface area contributed by atoms with Crippen LogP contribution in [0.2, 0.25) is 5.02 Å². The summed E-state index contributed by atoms with van der Waals surface area (Å²) in [5.41, 5.74) is 2.10. The average molecular weight is 551 g/mol. The summed E-state index contributed by atoms with van der Waals surface area (Å²) in [5, 5.41) is 15.5. The van der Waals surface area contributed by atoms with Gasteiger partial charge in [0.25, 0.3) is 5.69 Å². The van der Waals surface area contributed by atoms with E-state index in [2.05, 4.69) is 10.3 Å². The molecule has 0 saturated carbocycles. The summed E-state index contributed by atoms with van der Waals surface area (Å²) in [6, 6.07) is 20.3. The van der Waals surface area contributed by atoms with E-state index in [4.69, 9.17) is 37.7 Å². The molecule has 0 aliphatic carbocycles. The van der Waals surface area contributed by atoms with Crippen LogP contribution in [-0.4, -0.2) is 35.3 Å². The van der Waals surface area contributed by atoms with Gasteiger partial charge in [-0.05, 0) is 54.7 Å². The molecule has 9 nitrogen and oxygen atoms in total. The summed E-state index contributed by atoms with van der Waals surface area (Å²) >= 11 is 12.3. The van der Waals surface area contributed by atoms with Gasteiger partial charge in [0.1, 0.15) is 29.9 Å². The molecule has 2 aromatic carbocycles. The van der Waals surface area contributed by atoms with Crippen molar-refractivity contribution in [3.63, 3.8) is 0 Å². The van der Waals surface area contributed by atoms with E-state index in [0.29, 0.717) is 46.2 Å². The number of thiocarbonyl (C=S) groups is 1. The van der Waals surface area contributed by atoms with Gasteiger partial charge in [0.2, 0.25) is 0 Å². The van der Waals surface area contributed by atoms with Crippen molar-refractivity contribution in [2.24, 2.45) is 0 Å². The maximum absolute atomic E-state index is 11.3. The SMILES string of the molecule is COCCOc1ccc(N2C(=S)N[C@@H](c3ccccn3)[C@@H]2c2ccc(-c3cccc([N+](=O)[O-])c3)o2)cc1Cl. The second-order valence-electron chi connectivity index (χ2n) is 8.46. The number of ether oxygens (including phenoxy) is 2. The number of hydrogen-bond acceptors (Lipinski definition) is 7. The van der Waals surface area contributed by atoms with Crippen molar-refractivity contribution in [2.45, 2.75) is 12.1 Å². The fraction of sp³-hybridized carbons (Fsp3) is 0.185. The number of rotatable bonds is 9. The minimum Gasteiger partial charge on any atom is -0.490 e. The topological polar surface area (TPSA) is 103 Å². The first-order valence-corrected chi connectivity index (χ1v) is 12.5. The van der Waals surface area contributed by atoms with Crippen molar-refractivity contribution in [1.29, 1.82) is 0 Å². The zero-order chi connectivity index (χ0) is 26.6. The third-order valence-corrected chi connectivity index (χ3v) is 6.71. The van der Waals surface area contributed by atoms with Gasteiger partial charge in [0, 0.05) is 36.7 Å². The zero-order valence-electron chi connectivity index (χ0n) is 20.2. The van der Waals surface area contributed by atoms with Crippen LogP contribution in [0.25, 0.3) is 11.3 Å². The number of nitrogens with one attached hydrogen (secondary N) is 1. The maximum Gasteiger partial charge on any atom is 0.270 e. The lowest BCUT2D eigenvalue weighted by Crippen LogP contribution is -2.29. The van der Waals surface area contributed by atoms with Crippen LogP contribution in [0.3, 0.4) is 0 Å². The van der Waals surface area contributed by atoms with E-state index in [1.807, 2.05) is 35.2 Å². The van der Waals surface area contributed by atoms with E-state index in [1.54, 1.807) is 43.6 Å². The zero-order valence-corrected chi connectivity index (χ0v) is 21.8. The van der Waals surface area contributed by atoms with Crippen molar-refractivity contribution in [1.82, 2.24) is 10.3 Å². The van der Waals surface area contributed by atoms with E-state index in [0.717, 1.165) is 11.4 Å². The quantitative estimate of drug-likeness (QED) is 0.114. The summed E-state index contributed by atoms with van der Waals surface area (Å²) < 4.78 is 17.0. The predicted octanol–water partition coefficient (Wildman–Crippen LogP) is 6.11. The molecule has 5 rings (SSSR count). The first-order valence-electron chi connectivity index (χ1n) is 11.7. The molecule has 2 atom stereocenters. The van der Waals surface area contributed by atoms with Crippen LogP contribution in [0.1, 0.15) is 23.5 Å². The van der Waals surface area contributed by atoms with E-state index >= 15 is 0 Å². The maximum atomic E-state index is 11.3. The normalized spacial score (nSPS) is 16.9. The molecule has 1 N–H and O–H groups in total. The number of aromatic nitrogens is 1. The summed E-state index contributed by atoms with van der Waals surface area (Å²) in [6.45, 7) is 0.813. The van der Waals surface area contributed by atoms with Gasteiger partial charge < -0.3 is 24.1 Å². The van der Waals surface area contributed by atoms with Crippen molar-refractivity contribution < 1.29 is 18.8 Å². The highest BCUT2D eigenvalue weighted by Gasteiger charge is 2.42. The molecule has 0 bridgehead atoms. The monoisotopic (exact) mass is 550 g/mol. The van der Waals surface area contributed by atoms with Gasteiger partial charge in [-0.25, -0.2) is 0 Å². The molecule has 2 aromatic heterocycles. The van der Waals surface area contributed by atoms with Gasteiger partial charge in [0.15, 0.2) is 5.11 Å². The van der Waals surface area contributed by atoms with Crippen LogP contribution in [0.4, 0.5) is 11.4 Å². The summed E-state index contributed by atoms with van der Waals surface area (Å²) in [6.07, 6.45) is 1.72. The number of methoxy groups -OCH3 is 1. The molecule has 3 heterocycles. The van der Waals surface area contributed by atoms with Crippen molar-refractivity contribution >= 4 is 40.3 Å². The van der Waals surface area contributed by atoms with Gasteiger partial charge in [-0.2, -0.15) is 0 Å². The van der Waals surface area contributed by atoms with Crippen LogP contribution in [0.5, 0.6) is 5.75 Å². The Balaban J connectivity index is 1.53. The lowest BCUT2D eigenvalue weighted by Gasteiger charge is -2.26. The molecule has 1 saturated heterocycles. The largest absolute Gasteiger partial charge is 0.490 e. The van der Waals surface area contributed by atoms with Crippen LogP contribution in [-0.2, 0) is 4.74 Å². The van der Waals surface area contributed by atoms with E-state index in [9.17, 15) is 10.1 Å². The Kier molecular flexibility index (Phi) is 7.54. The molecule has 0 spiro atoms. The van der Waals surface area contributed by atoms with Crippen molar-refractivity contribution in [2.75, 3.05) is 25.2 Å². The Morgan fingerprint density at radius 1 is 1.13 bits per heavy atom. The Labute approximate surface area is 229 Å². The van der Waals surface area contributed by atoms with E-state index in [1.165, 1.54) is 12.1 Å². The summed E-state index contributed by atoms with van der Waals surface area (Å²) in [4.78, 5) is 17.3. The number of non-ortho nitro benzene ring substituents is 1. The molecule has 11 heteroatoms. The standard InChI is InChI=1S/C27H23ClN4O5S/c1-35-13-14-36-23-9-8-18(16-20(23)28)31-26(25(30-27(31)38)21-7-2-3-12-29-21)24-11-10-22(37-24)17-5-4-6-19(15-17)32(33)34/h2-12,15-16,25-26H,13-14H2,1H3,(H,30,38)/t25-,26-/m0/s1. The number of benzene rings is 2. The number of halogens is 1. The molecular weight excluding hydrogens is 528 g/mol. The molecule has 38 heavy (non-hydrogen) atoms. The fourth-order valence-corrected chi connectivity index (χ4v) is 4.93. The first-order chi connectivity index (χ1) is 18.5. The molecule has 0 radical (unpaired) electrons. The molecular formula is C27H23ClN4O5S. The first kappa shape index (κ1) is 25.7. The second kappa shape index (κ2) is 11.2. The highest BCUT2D eigenvalue weighted by molar-refractivity contribution is 7.80. The number of nitrogens with zero attached hydrogens (tertiary/aromatic N) is 3. The Morgan fingerprint density at radius 2 is 2.00 bits per heavy atom. The number of pyridine rings is 1. The molecule has 0 unspecified atom stereocenters. The highest BCUT2D eigenvalue weighted by atomic mass is 35.5. The molecule has 194 valence electrons. The smallest absolute Gasteiger partial charge is 0.270 e. The number of nitro groups is 1. The predicted molar refractivity (Wildman–Crippen MR) is 148 cm³/mol. The molecule has 0 amide bonds. The van der Waals surface area contributed by atoms with Gasteiger partial charge in [-0.3, -0.25) is 15.1 Å². The van der Waals surface area contributed by atoms with Crippen LogP contribution >= 0.6 is 23.8 Å². The average Bonchev–Trinajstić information content (AvgIpc) is 3.55. The Hall–Kier alpha value is -3.99. The van der Waals surface area contributed by atoms with Crippen molar-refractivity contribution in [3.8, 4) is 17.1 Å². The van der Waals surface area contributed by atoms with Gasteiger partial charge >= 0.3 is 0 Å². The minimum absolute atomic E-state index is 0.0143. The van der Waals surface area contributed by atoms with Gasteiger partial charge in [0.05, 0.1) is 28.3 Å². The summed E-state index contributed by atoms with van der Waals surface area (Å²) in [5.74, 6) is 1.64. The van der Waals surface area contributed by atoms with Crippen LogP contribution in [0, 0.1) is 10.1 Å². The number of furan rings is 1. The molecule has 1 fully saturated rings. The lowest BCUT2D eigenvalue weighted by molar-refractivity contribution is -0.384. The van der Waals surface area contributed by atoms with Crippen LogP contribution in [0.15, 0.2) is 83.4 Å². The lowest BCUT2D eigenvalue weighted by atomic mass is 10.0. The van der Waals surface area contributed by atoms with Gasteiger partial charge in [-0.15, -0.1) is 0 Å². The van der Waals surface area contributed by atoms with E-state index < -0.39 is 11.0 Å². The Bertz CT molecular complexity index is 1460. The molecule has 4 aromatic rings. The summed E-state index contributed by atoms with van der Waals surface area (Å²) in [7, 11) is 1.60. The minimum atomic E-state index is -0.433. The Morgan fingerprint density at radius 3 is 2.74 bits per heavy atom. The third-order valence-electron chi connectivity index (χ3n) is 6.10. The third kappa shape index (κ3) is 5.19. The van der Waals surface area contributed by atoms with Crippen LogP contribution < -0.4 is 15.0 Å². The van der Waals surface area contributed by atoms with E-state index in [-0.39, 0.29) is 11.7 Å². The van der Waals surface area contributed by atoms with Crippen molar-refractivity contribution in [3.05, 3.63) is 106 Å². The second-order valence-corrected chi connectivity index (χ2v) is 9.26. The number of nitro benzene ring substituents is 1.